The quantitative estimate of drug-likeness (QED) is 0.473. The van der Waals surface area contributed by atoms with Crippen molar-refractivity contribution in [2.24, 2.45) is 5.10 Å². The Bertz CT molecular complexity index is 980. The minimum absolute atomic E-state index is 0.229. The second-order valence-corrected chi connectivity index (χ2v) is 6.35. The fourth-order valence-electron chi connectivity index (χ4n) is 2.16. The van der Waals surface area contributed by atoms with Gasteiger partial charge in [-0.15, -0.1) is 0 Å². The first-order chi connectivity index (χ1) is 12.6. The minimum Gasteiger partial charge on any atom is -0.493 e. The van der Waals surface area contributed by atoms with Crippen molar-refractivity contribution in [1.29, 1.82) is 0 Å². The first kappa shape index (κ1) is 18.4. The number of H-pyrrole nitrogens is 1. The van der Waals surface area contributed by atoms with Gasteiger partial charge in [0.15, 0.2) is 11.5 Å². The highest BCUT2D eigenvalue weighted by Crippen LogP contribution is 2.31. The Morgan fingerprint density at radius 1 is 1.23 bits per heavy atom. The van der Waals surface area contributed by atoms with Gasteiger partial charge in [-0.25, -0.2) is 0 Å². The van der Waals surface area contributed by atoms with E-state index in [-0.39, 0.29) is 6.61 Å². The number of nitrogens with one attached hydrogen (secondary N) is 1. The number of methoxy groups -OCH3 is 1. The Labute approximate surface area is 165 Å². The lowest BCUT2D eigenvalue weighted by molar-refractivity contribution is 0.284. The number of benzene rings is 2. The number of nitrogens with zero attached hydrogens (tertiary/aromatic N) is 3. The molecule has 0 spiro atoms. The molecule has 6 nitrogen and oxygen atoms in total. The first-order valence-corrected chi connectivity index (χ1v) is 8.65. The number of hydrogen-bond donors (Lipinski definition) is 1. The molecule has 0 aliphatic carbocycles. The van der Waals surface area contributed by atoms with Crippen LogP contribution in [-0.4, -0.2) is 28.2 Å². The number of ether oxygens (including phenoxy) is 2. The maximum absolute atomic E-state index is 6.17. The van der Waals surface area contributed by atoms with Crippen LogP contribution in [0.25, 0.3) is 0 Å². The van der Waals surface area contributed by atoms with Crippen LogP contribution >= 0.6 is 35.4 Å². The molecule has 0 saturated carbocycles. The number of rotatable bonds is 6. The van der Waals surface area contributed by atoms with Crippen molar-refractivity contribution in [3.63, 3.8) is 0 Å². The molecule has 134 valence electrons. The minimum atomic E-state index is 0.229. The molecule has 0 unspecified atom stereocenters. The van der Waals surface area contributed by atoms with Crippen molar-refractivity contribution in [2.45, 2.75) is 6.61 Å². The third kappa shape index (κ3) is 4.24. The molecule has 1 heterocycles. The smallest absolute Gasteiger partial charge is 0.216 e. The zero-order valence-corrected chi connectivity index (χ0v) is 16.0. The largest absolute Gasteiger partial charge is 0.493 e. The van der Waals surface area contributed by atoms with E-state index in [1.807, 2.05) is 6.07 Å². The fourth-order valence-corrected chi connectivity index (χ4v) is 2.81. The summed E-state index contributed by atoms with van der Waals surface area (Å²) in [6.07, 6.45) is 3.13. The van der Waals surface area contributed by atoms with E-state index in [2.05, 4.69) is 15.3 Å². The third-order valence-corrected chi connectivity index (χ3v) is 4.47. The molecular formula is C17H14Cl2N4O2S. The van der Waals surface area contributed by atoms with Crippen molar-refractivity contribution in [3.8, 4) is 11.5 Å². The molecule has 0 amide bonds. The molecule has 3 aromatic rings. The number of aromatic amines is 1. The van der Waals surface area contributed by atoms with Crippen LogP contribution in [0.1, 0.15) is 11.1 Å². The van der Waals surface area contributed by atoms with Gasteiger partial charge in [0.25, 0.3) is 0 Å². The second kappa shape index (κ2) is 8.35. The Hall–Kier alpha value is -2.35. The molecule has 1 aromatic heterocycles. The van der Waals surface area contributed by atoms with Crippen LogP contribution in [-0.2, 0) is 6.61 Å². The molecule has 0 fully saturated rings. The Morgan fingerprint density at radius 2 is 2.00 bits per heavy atom. The molecule has 1 N–H and O–H groups in total. The van der Waals surface area contributed by atoms with Gasteiger partial charge in [-0.3, -0.25) is 5.10 Å². The van der Waals surface area contributed by atoms with Crippen LogP contribution < -0.4 is 9.47 Å². The summed E-state index contributed by atoms with van der Waals surface area (Å²) >= 11 is 17.4. The molecule has 0 bridgehead atoms. The Balaban J connectivity index is 1.78. The molecule has 0 aliphatic rings. The second-order valence-electron chi connectivity index (χ2n) is 5.15. The summed E-state index contributed by atoms with van der Waals surface area (Å²) < 4.78 is 13.1. The van der Waals surface area contributed by atoms with Crippen molar-refractivity contribution in [3.05, 3.63) is 68.7 Å². The van der Waals surface area contributed by atoms with Gasteiger partial charge in [0, 0.05) is 15.6 Å². The summed E-state index contributed by atoms with van der Waals surface area (Å²) in [5.74, 6) is 1.13. The normalized spacial score (nSPS) is 11.0. The molecule has 0 radical (unpaired) electrons. The lowest BCUT2D eigenvalue weighted by Crippen LogP contribution is -2.00. The average molecular weight is 409 g/mol. The van der Waals surface area contributed by atoms with Crippen LogP contribution in [0.15, 0.2) is 47.8 Å². The van der Waals surface area contributed by atoms with E-state index in [9.17, 15) is 0 Å². The van der Waals surface area contributed by atoms with Crippen molar-refractivity contribution >= 4 is 41.6 Å². The maximum atomic E-state index is 6.17. The molecule has 0 saturated heterocycles. The van der Waals surface area contributed by atoms with Gasteiger partial charge in [0.2, 0.25) is 4.77 Å². The highest BCUT2D eigenvalue weighted by atomic mass is 35.5. The third-order valence-electron chi connectivity index (χ3n) is 3.49. The van der Waals surface area contributed by atoms with Gasteiger partial charge in [0.1, 0.15) is 12.9 Å². The fraction of sp³-hybridized carbons (Fsp3) is 0.118. The lowest BCUT2D eigenvalue weighted by atomic mass is 10.2. The van der Waals surface area contributed by atoms with E-state index in [4.69, 9.17) is 44.9 Å². The van der Waals surface area contributed by atoms with Gasteiger partial charge in [-0.2, -0.15) is 14.9 Å². The van der Waals surface area contributed by atoms with Crippen LogP contribution in [0.5, 0.6) is 11.5 Å². The Morgan fingerprint density at radius 3 is 2.65 bits per heavy atom. The van der Waals surface area contributed by atoms with Crippen LogP contribution in [0.2, 0.25) is 10.0 Å². The Kier molecular flexibility index (Phi) is 5.92. The highest BCUT2D eigenvalue weighted by Gasteiger charge is 2.09. The molecule has 0 aliphatic heterocycles. The monoisotopic (exact) mass is 408 g/mol. The summed E-state index contributed by atoms with van der Waals surface area (Å²) in [6, 6.07) is 10.8. The summed E-state index contributed by atoms with van der Waals surface area (Å²) in [7, 11) is 1.57. The van der Waals surface area contributed by atoms with E-state index in [0.717, 1.165) is 11.1 Å². The van der Waals surface area contributed by atoms with E-state index < -0.39 is 0 Å². The number of hydrogen-bond acceptors (Lipinski definition) is 5. The molecule has 9 heteroatoms. The number of halogens is 2. The van der Waals surface area contributed by atoms with E-state index in [1.54, 1.807) is 43.7 Å². The maximum Gasteiger partial charge on any atom is 0.216 e. The summed E-state index contributed by atoms with van der Waals surface area (Å²) in [5, 5.41) is 11.8. The molecular weight excluding hydrogens is 395 g/mol. The standard InChI is InChI=1S/C17H14Cl2N4O2S/c1-24-16-7-11(8-21-23-10-20-22-17(23)26)5-6-15(16)25-9-12-13(18)3-2-4-14(12)19/h2-8,10H,9H2,1H3,(H,22,26)/b21-8-. The molecule has 0 atom stereocenters. The zero-order chi connectivity index (χ0) is 18.5. The van der Waals surface area contributed by atoms with Crippen molar-refractivity contribution in [1.82, 2.24) is 14.9 Å². The van der Waals surface area contributed by atoms with Crippen LogP contribution in [0, 0.1) is 4.77 Å². The predicted octanol–water partition coefficient (Wildman–Crippen LogP) is 4.72. The van der Waals surface area contributed by atoms with Crippen molar-refractivity contribution < 1.29 is 9.47 Å². The van der Waals surface area contributed by atoms with Crippen molar-refractivity contribution in [2.75, 3.05) is 7.11 Å². The highest BCUT2D eigenvalue weighted by molar-refractivity contribution is 7.71. The summed E-state index contributed by atoms with van der Waals surface area (Å²) in [5.41, 5.74) is 1.53. The van der Waals surface area contributed by atoms with E-state index >= 15 is 0 Å². The van der Waals surface area contributed by atoms with Gasteiger partial charge in [0.05, 0.1) is 13.3 Å². The van der Waals surface area contributed by atoms with Gasteiger partial charge >= 0.3 is 0 Å². The number of aromatic nitrogens is 3. The van der Waals surface area contributed by atoms with Gasteiger partial charge in [-0.05, 0) is 48.1 Å². The molecule has 3 rings (SSSR count). The summed E-state index contributed by atoms with van der Waals surface area (Å²) in [6.45, 7) is 0.229. The van der Waals surface area contributed by atoms with Gasteiger partial charge in [-0.1, -0.05) is 29.3 Å². The van der Waals surface area contributed by atoms with E-state index in [0.29, 0.717) is 26.3 Å². The topological polar surface area (TPSA) is 64.4 Å². The SMILES string of the molecule is COc1cc(/C=N\n2cn[nH]c2=S)ccc1OCc1c(Cl)cccc1Cl. The average Bonchev–Trinajstić information content (AvgIpc) is 3.05. The zero-order valence-electron chi connectivity index (χ0n) is 13.6. The first-order valence-electron chi connectivity index (χ1n) is 7.48. The lowest BCUT2D eigenvalue weighted by Gasteiger charge is -2.13. The van der Waals surface area contributed by atoms with E-state index in [1.165, 1.54) is 11.0 Å². The predicted molar refractivity (Wildman–Crippen MR) is 104 cm³/mol. The molecule has 26 heavy (non-hydrogen) atoms. The van der Waals surface area contributed by atoms with Gasteiger partial charge < -0.3 is 9.47 Å². The molecule has 2 aromatic carbocycles. The van der Waals surface area contributed by atoms with Crippen LogP contribution in [0.3, 0.4) is 0 Å². The summed E-state index contributed by atoms with van der Waals surface area (Å²) in [4.78, 5) is 0. The van der Waals surface area contributed by atoms with Crippen LogP contribution in [0.4, 0.5) is 0 Å².